The average Bonchev–Trinajstić information content (AvgIpc) is 2.79. The maximum atomic E-state index is 15.1. The number of rotatable bonds is 8. The first-order valence-corrected chi connectivity index (χ1v) is 11.3. The average molecular weight is 483 g/mol. The summed E-state index contributed by atoms with van der Waals surface area (Å²) in [4.78, 5) is 24.3. The van der Waals surface area contributed by atoms with Crippen molar-refractivity contribution in [3.63, 3.8) is 0 Å². The van der Waals surface area contributed by atoms with E-state index in [2.05, 4.69) is 5.16 Å². The normalized spacial score (nSPS) is 15.1. The number of hydrogen-bond donors (Lipinski definition) is 1. The van der Waals surface area contributed by atoms with Gasteiger partial charge >= 0.3 is 0 Å². The SMILES string of the molecule is Cn1cc(/C(CC(c2ccc(C(=O)CC3COC3)c(F)c2)c2ccccc2Cl)=N/O)ccc1=O. The van der Waals surface area contributed by atoms with E-state index in [4.69, 9.17) is 16.3 Å². The maximum absolute atomic E-state index is 15.1. The van der Waals surface area contributed by atoms with Crippen molar-refractivity contribution in [2.75, 3.05) is 13.2 Å². The Morgan fingerprint density at radius 2 is 2.00 bits per heavy atom. The van der Waals surface area contributed by atoms with Crippen molar-refractivity contribution < 1.29 is 19.1 Å². The molecule has 0 amide bonds. The van der Waals surface area contributed by atoms with Crippen molar-refractivity contribution in [2.45, 2.75) is 18.8 Å². The molecular weight excluding hydrogens is 459 g/mol. The highest BCUT2D eigenvalue weighted by Crippen LogP contribution is 2.35. The number of carbonyl (C=O) groups is 1. The van der Waals surface area contributed by atoms with Crippen LogP contribution in [0.15, 0.2) is 70.7 Å². The molecule has 1 unspecified atom stereocenters. The smallest absolute Gasteiger partial charge is 0.250 e. The Bertz CT molecular complexity index is 1300. The third kappa shape index (κ3) is 5.11. The summed E-state index contributed by atoms with van der Waals surface area (Å²) in [6, 6.07) is 14.7. The molecule has 0 bridgehead atoms. The van der Waals surface area contributed by atoms with Gasteiger partial charge in [-0.1, -0.05) is 41.0 Å². The van der Waals surface area contributed by atoms with E-state index in [1.54, 1.807) is 37.5 Å². The molecule has 1 aromatic heterocycles. The molecule has 1 saturated heterocycles. The molecule has 2 aromatic carbocycles. The number of carbonyl (C=O) groups excluding carboxylic acids is 1. The van der Waals surface area contributed by atoms with Crippen LogP contribution >= 0.6 is 11.6 Å². The van der Waals surface area contributed by atoms with E-state index in [0.29, 0.717) is 35.1 Å². The fraction of sp³-hybridized carbons (Fsp3) is 0.269. The number of hydrogen-bond acceptors (Lipinski definition) is 5. The lowest BCUT2D eigenvalue weighted by Crippen LogP contribution is -2.29. The van der Waals surface area contributed by atoms with Crippen LogP contribution in [0, 0.1) is 11.7 Å². The van der Waals surface area contributed by atoms with Crippen molar-refractivity contribution in [2.24, 2.45) is 18.1 Å². The van der Waals surface area contributed by atoms with Crippen LogP contribution in [0.25, 0.3) is 0 Å². The number of aromatic nitrogens is 1. The summed E-state index contributed by atoms with van der Waals surface area (Å²) in [5.41, 5.74) is 2.02. The summed E-state index contributed by atoms with van der Waals surface area (Å²) >= 11 is 6.48. The third-order valence-electron chi connectivity index (χ3n) is 6.09. The number of pyridine rings is 1. The van der Waals surface area contributed by atoms with Crippen LogP contribution < -0.4 is 5.56 Å². The Labute approximate surface area is 201 Å². The quantitative estimate of drug-likeness (QED) is 0.216. The third-order valence-corrected chi connectivity index (χ3v) is 6.44. The van der Waals surface area contributed by atoms with Gasteiger partial charge in [0.2, 0.25) is 5.56 Å². The van der Waals surface area contributed by atoms with Crippen LogP contribution in [-0.4, -0.2) is 34.5 Å². The molecule has 3 aromatic rings. The topological polar surface area (TPSA) is 80.9 Å². The Balaban J connectivity index is 1.69. The first-order chi connectivity index (χ1) is 16.4. The molecule has 0 spiro atoms. The molecule has 1 fully saturated rings. The number of halogens is 2. The molecule has 0 radical (unpaired) electrons. The van der Waals surface area contributed by atoms with Crippen LogP contribution in [0.5, 0.6) is 0 Å². The fourth-order valence-corrected chi connectivity index (χ4v) is 4.36. The zero-order valence-corrected chi connectivity index (χ0v) is 19.3. The molecule has 1 aliphatic rings. The Kier molecular flexibility index (Phi) is 7.24. The summed E-state index contributed by atoms with van der Waals surface area (Å²) in [5, 5.41) is 13.7. The number of Topliss-reactive ketones (excluding diaryl/α,β-unsaturated/α-hetero) is 1. The van der Waals surface area contributed by atoms with Gasteiger partial charge in [0.15, 0.2) is 5.78 Å². The van der Waals surface area contributed by atoms with Gasteiger partial charge in [-0.2, -0.15) is 0 Å². The highest BCUT2D eigenvalue weighted by Gasteiger charge is 2.26. The number of oxime groups is 1. The lowest BCUT2D eigenvalue weighted by atomic mass is 9.84. The van der Waals surface area contributed by atoms with Gasteiger partial charge in [-0.25, -0.2) is 4.39 Å². The highest BCUT2D eigenvalue weighted by molar-refractivity contribution is 6.31. The van der Waals surface area contributed by atoms with Crippen molar-refractivity contribution in [1.82, 2.24) is 4.57 Å². The second-order valence-corrected chi connectivity index (χ2v) is 8.87. The Morgan fingerprint density at radius 3 is 2.62 bits per heavy atom. The van der Waals surface area contributed by atoms with E-state index in [1.807, 2.05) is 12.1 Å². The van der Waals surface area contributed by atoms with Crippen molar-refractivity contribution >= 4 is 23.1 Å². The largest absolute Gasteiger partial charge is 0.411 e. The van der Waals surface area contributed by atoms with Crippen LogP contribution in [0.4, 0.5) is 4.39 Å². The lowest BCUT2D eigenvalue weighted by molar-refractivity contribution is -0.0322. The summed E-state index contributed by atoms with van der Waals surface area (Å²) in [7, 11) is 1.60. The first-order valence-electron chi connectivity index (χ1n) is 10.9. The molecule has 4 rings (SSSR count). The van der Waals surface area contributed by atoms with Crippen molar-refractivity contribution in [1.29, 1.82) is 0 Å². The monoisotopic (exact) mass is 482 g/mol. The van der Waals surface area contributed by atoms with E-state index < -0.39 is 11.7 Å². The van der Waals surface area contributed by atoms with Gasteiger partial charge in [0, 0.05) is 54.6 Å². The minimum atomic E-state index is -0.607. The predicted molar refractivity (Wildman–Crippen MR) is 128 cm³/mol. The molecule has 0 aliphatic carbocycles. The van der Waals surface area contributed by atoms with Gasteiger partial charge in [-0.15, -0.1) is 0 Å². The zero-order valence-electron chi connectivity index (χ0n) is 18.6. The standard InChI is InChI=1S/C26H24ClFN2O4/c1-30-13-18(7-9-26(30)32)24(29-33)12-21(19-4-2-3-5-22(19)27)17-6-8-20(23(28)11-17)25(31)10-16-14-34-15-16/h2-9,11,13,16,21,33H,10,12,14-15H2,1H3/b29-24+. The predicted octanol–water partition coefficient (Wildman–Crippen LogP) is 4.80. The van der Waals surface area contributed by atoms with E-state index >= 15 is 4.39 Å². The first kappa shape index (κ1) is 23.9. The van der Waals surface area contributed by atoms with E-state index in [9.17, 15) is 14.8 Å². The lowest BCUT2D eigenvalue weighted by Gasteiger charge is -2.25. The summed E-state index contributed by atoms with van der Waals surface area (Å²) in [5.74, 6) is -1.19. The zero-order chi connectivity index (χ0) is 24.2. The van der Waals surface area contributed by atoms with Gasteiger partial charge in [0.25, 0.3) is 0 Å². The number of aryl methyl sites for hydroxylation is 1. The van der Waals surface area contributed by atoms with Gasteiger partial charge in [0.1, 0.15) is 5.82 Å². The second-order valence-electron chi connectivity index (χ2n) is 8.46. The van der Waals surface area contributed by atoms with Crippen LogP contribution in [0.3, 0.4) is 0 Å². The molecule has 8 heteroatoms. The van der Waals surface area contributed by atoms with Gasteiger partial charge in [-0.05, 0) is 35.4 Å². The molecule has 1 aliphatic heterocycles. The van der Waals surface area contributed by atoms with Gasteiger partial charge < -0.3 is 14.5 Å². The number of nitrogens with zero attached hydrogens (tertiary/aromatic N) is 2. The molecular formula is C26H24ClFN2O4. The van der Waals surface area contributed by atoms with Crippen LogP contribution in [-0.2, 0) is 11.8 Å². The van der Waals surface area contributed by atoms with Crippen LogP contribution in [0.1, 0.15) is 45.8 Å². The molecule has 0 saturated carbocycles. The number of ether oxygens (including phenoxy) is 1. The van der Waals surface area contributed by atoms with E-state index in [-0.39, 0.29) is 35.7 Å². The molecule has 6 nitrogen and oxygen atoms in total. The summed E-state index contributed by atoms with van der Waals surface area (Å²) in [6.45, 7) is 1.04. The Hall–Kier alpha value is -3.29. The van der Waals surface area contributed by atoms with Gasteiger partial charge in [0.05, 0.1) is 24.5 Å². The van der Waals surface area contributed by atoms with Gasteiger partial charge in [-0.3, -0.25) is 9.59 Å². The maximum Gasteiger partial charge on any atom is 0.250 e. The van der Waals surface area contributed by atoms with E-state index in [1.165, 1.54) is 22.8 Å². The number of ketones is 1. The molecule has 176 valence electrons. The number of benzene rings is 2. The highest BCUT2D eigenvalue weighted by atomic mass is 35.5. The minimum Gasteiger partial charge on any atom is -0.411 e. The molecule has 34 heavy (non-hydrogen) atoms. The molecule has 1 N–H and O–H groups in total. The van der Waals surface area contributed by atoms with Crippen molar-refractivity contribution in [3.8, 4) is 0 Å². The second kappa shape index (κ2) is 10.3. The summed E-state index contributed by atoms with van der Waals surface area (Å²) < 4.78 is 21.6. The van der Waals surface area contributed by atoms with Crippen LogP contribution in [0.2, 0.25) is 5.02 Å². The summed E-state index contributed by atoms with van der Waals surface area (Å²) in [6.07, 6.45) is 2.01. The Morgan fingerprint density at radius 1 is 1.24 bits per heavy atom. The van der Waals surface area contributed by atoms with Crippen molar-refractivity contribution in [3.05, 3.63) is 104 Å². The molecule has 2 heterocycles. The van der Waals surface area contributed by atoms with E-state index in [0.717, 1.165) is 5.56 Å². The minimum absolute atomic E-state index is 0.0441. The fourth-order valence-electron chi connectivity index (χ4n) is 4.09. The molecule has 1 atom stereocenters.